The fraction of sp³-hybridized carbons (Fsp3) is 0.143. The second-order valence-corrected chi connectivity index (χ2v) is 5.48. The second-order valence-electron chi connectivity index (χ2n) is 3.92. The number of thioether (sulfide) groups is 1. The number of nitrogens with zero attached hydrogens (tertiary/aromatic N) is 1. The van der Waals surface area contributed by atoms with Gasteiger partial charge in [0, 0.05) is 10.8 Å². The molecule has 0 saturated heterocycles. The van der Waals surface area contributed by atoms with Crippen molar-refractivity contribution in [3.05, 3.63) is 53.2 Å². The van der Waals surface area contributed by atoms with Crippen LogP contribution in [0.15, 0.2) is 47.6 Å². The molecule has 0 bridgehead atoms. The van der Waals surface area contributed by atoms with Gasteiger partial charge in [0.15, 0.2) is 0 Å². The molecule has 0 spiro atoms. The molecule has 6 heteroatoms. The molecule has 0 aliphatic carbocycles. The second kappa shape index (κ2) is 7.17. The van der Waals surface area contributed by atoms with E-state index in [1.165, 1.54) is 11.8 Å². The van der Waals surface area contributed by atoms with Crippen LogP contribution in [-0.2, 0) is 4.74 Å². The predicted molar refractivity (Wildman–Crippen MR) is 81.1 cm³/mol. The van der Waals surface area contributed by atoms with Crippen molar-refractivity contribution in [3.8, 4) is 0 Å². The van der Waals surface area contributed by atoms with Crippen molar-refractivity contribution in [2.75, 3.05) is 18.1 Å². The molecule has 1 aromatic carbocycles. The van der Waals surface area contributed by atoms with Gasteiger partial charge < -0.3 is 10.5 Å². The van der Waals surface area contributed by atoms with Crippen LogP contribution >= 0.6 is 23.4 Å². The molecule has 0 unspecified atom stereocenters. The molecule has 2 rings (SSSR count). The van der Waals surface area contributed by atoms with Crippen LogP contribution in [0.1, 0.15) is 10.4 Å². The van der Waals surface area contributed by atoms with Crippen LogP contribution in [0.4, 0.5) is 5.69 Å². The summed E-state index contributed by atoms with van der Waals surface area (Å²) in [7, 11) is 0. The molecule has 4 nitrogen and oxygen atoms in total. The Labute approximate surface area is 126 Å². The minimum absolute atomic E-state index is 0.308. The summed E-state index contributed by atoms with van der Waals surface area (Å²) in [6.07, 6.45) is 1.60. The normalized spacial score (nSPS) is 10.2. The Balaban J connectivity index is 1.76. The van der Waals surface area contributed by atoms with Crippen LogP contribution in [0.3, 0.4) is 0 Å². The van der Waals surface area contributed by atoms with Gasteiger partial charge in [-0.2, -0.15) is 0 Å². The van der Waals surface area contributed by atoms with E-state index in [1.807, 2.05) is 6.07 Å². The number of anilines is 1. The number of halogens is 1. The van der Waals surface area contributed by atoms with Crippen LogP contribution in [0.2, 0.25) is 5.02 Å². The standard InChI is InChI=1S/C14H13ClN2O2S/c15-11-3-1-2-10(8-11)14(18)19-6-7-20-13-5-4-12(16)9-17-13/h1-5,8-9H,6-7,16H2. The van der Waals surface area contributed by atoms with Gasteiger partial charge in [-0.05, 0) is 30.3 Å². The van der Waals surface area contributed by atoms with E-state index >= 15 is 0 Å². The van der Waals surface area contributed by atoms with E-state index in [9.17, 15) is 4.79 Å². The third-order valence-corrected chi connectivity index (χ3v) is 3.53. The molecule has 0 aliphatic rings. The summed E-state index contributed by atoms with van der Waals surface area (Å²) in [5.74, 6) is 0.252. The van der Waals surface area contributed by atoms with E-state index in [1.54, 1.807) is 36.5 Å². The van der Waals surface area contributed by atoms with E-state index in [-0.39, 0.29) is 5.97 Å². The first-order valence-electron chi connectivity index (χ1n) is 5.92. The average molecular weight is 309 g/mol. The van der Waals surface area contributed by atoms with Crippen molar-refractivity contribution in [2.45, 2.75) is 5.03 Å². The summed E-state index contributed by atoms with van der Waals surface area (Å²) in [6, 6.07) is 10.3. The monoisotopic (exact) mass is 308 g/mol. The van der Waals surface area contributed by atoms with Gasteiger partial charge in [-0.3, -0.25) is 0 Å². The maximum absolute atomic E-state index is 11.7. The molecule has 104 valence electrons. The van der Waals surface area contributed by atoms with Gasteiger partial charge >= 0.3 is 5.97 Å². The highest BCUT2D eigenvalue weighted by molar-refractivity contribution is 7.99. The van der Waals surface area contributed by atoms with Crippen molar-refractivity contribution in [2.24, 2.45) is 0 Å². The number of esters is 1. The lowest BCUT2D eigenvalue weighted by molar-refractivity contribution is 0.0530. The number of benzene rings is 1. The fourth-order valence-electron chi connectivity index (χ4n) is 1.46. The quantitative estimate of drug-likeness (QED) is 0.522. The van der Waals surface area contributed by atoms with E-state index in [0.29, 0.717) is 28.6 Å². The molecule has 1 aromatic heterocycles. The smallest absolute Gasteiger partial charge is 0.338 e. The van der Waals surface area contributed by atoms with E-state index in [2.05, 4.69) is 4.98 Å². The molecule has 0 radical (unpaired) electrons. The van der Waals surface area contributed by atoms with Crippen molar-refractivity contribution in [1.29, 1.82) is 0 Å². The first kappa shape index (κ1) is 14.7. The van der Waals surface area contributed by atoms with Gasteiger partial charge in [0.1, 0.15) is 6.61 Å². The number of aromatic nitrogens is 1. The van der Waals surface area contributed by atoms with Gasteiger partial charge in [-0.15, -0.1) is 11.8 Å². The zero-order valence-electron chi connectivity index (χ0n) is 10.6. The molecule has 1 heterocycles. The fourth-order valence-corrected chi connectivity index (χ4v) is 2.31. The Morgan fingerprint density at radius 2 is 2.20 bits per heavy atom. The van der Waals surface area contributed by atoms with E-state index in [4.69, 9.17) is 22.1 Å². The molecule has 0 atom stereocenters. The van der Waals surface area contributed by atoms with Crippen molar-refractivity contribution < 1.29 is 9.53 Å². The highest BCUT2D eigenvalue weighted by Crippen LogP contribution is 2.16. The number of carbonyl (C=O) groups excluding carboxylic acids is 1. The summed E-state index contributed by atoms with van der Waals surface area (Å²) in [5.41, 5.74) is 6.62. The summed E-state index contributed by atoms with van der Waals surface area (Å²) < 4.78 is 5.16. The Kier molecular flexibility index (Phi) is 5.26. The number of nitrogens with two attached hydrogens (primary N) is 1. The third kappa shape index (κ3) is 4.43. The van der Waals surface area contributed by atoms with Gasteiger partial charge in [0.25, 0.3) is 0 Å². The zero-order chi connectivity index (χ0) is 14.4. The Bertz CT molecular complexity index is 590. The molecule has 20 heavy (non-hydrogen) atoms. The maximum atomic E-state index is 11.7. The number of rotatable bonds is 5. The summed E-state index contributed by atoms with van der Waals surface area (Å²) in [6.45, 7) is 0.308. The molecule has 0 aliphatic heterocycles. The van der Waals surface area contributed by atoms with Crippen molar-refractivity contribution >= 4 is 35.0 Å². The number of hydrogen-bond acceptors (Lipinski definition) is 5. The van der Waals surface area contributed by atoms with Crippen LogP contribution in [0, 0.1) is 0 Å². The summed E-state index contributed by atoms with van der Waals surface area (Å²) in [5, 5.41) is 1.36. The predicted octanol–water partition coefficient (Wildman–Crippen LogP) is 3.27. The van der Waals surface area contributed by atoms with Crippen molar-refractivity contribution in [3.63, 3.8) is 0 Å². The highest BCUT2D eigenvalue weighted by atomic mass is 35.5. The highest BCUT2D eigenvalue weighted by Gasteiger charge is 2.07. The van der Waals surface area contributed by atoms with Crippen LogP contribution in [0.25, 0.3) is 0 Å². The minimum Gasteiger partial charge on any atom is -0.461 e. The molecule has 2 aromatic rings. The number of carbonyl (C=O) groups is 1. The third-order valence-electron chi connectivity index (χ3n) is 2.39. The first-order chi connectivity index (χ1) is 9.65. The Morgan fingerprint density at radius 1 is 1.35 bits per heavy atom. The lowest BCUT2D eigenvalue weighted by atomic mass is 10.2. The average Bonchev–Trinajstić information content (AvgIpc) is 2.45. The molecular weight excluding hydrogens is 296 g/mol. The van der Waals surface area contributed by atoms with Gasteiger partial charge in [-0.25, -0.2) is 9.78 Å². The van der Waals surface area contributed by atoms with Crippen LogP contribution in [0.5, 0.6) is 0 Å². The number of ether oxygens (including phenoxy) is 1. The van der Waals surface area contributed by atoms with Crippen LogP contribution in [-0.4, -0.2) is 23.3 Å². The SMILES string of the molecule is Nc1ccc(SCCOC(=O)c2cccc(Cl)c2)nc1. The molecule has 0 fully saturated rings. The van der Waals surface area contributed by atoms with E-state index < -0.39 is 0 Å². The number of pyridine rings is 1. The molecule has 0 saturated carbocycles. The largest absolute Gasteiger partial charge is 0.461 e. The summed E-state index contributed by atoms with van der Waals surface area (Å²) in [4.78, 5) is 15.9. The first-order valence-corrected chi connectivity index (χ1v) is 7.28. The Morgan fingerprint density at radius 3 is 2.90 bits per heavy atom. The maximum Gasteiger partial charge on any atom is 0.338 e. The van der Waals surface area contributed by atoms with E-state index in [0.717, 1.165) is 5.03 Å². The number of hydrogen-bond donors (Lipinski definition) is 1. The van der Waals surface area contributed by atoms with Gasteiger partial charge in [-0.1, -0.05) is 17.7 Å². The minimum atomic E-state index is -0.377. The van der Waals surface area contributed by atoms with Gasteiger partial charge in [0.2, 0.25) is 0 Å². The summed E-state index contributed by atoms with van der Waals surface area (Å²) >= 11 is 7.31. The lowest BCUT2D eigenvalue weighted by Gasteiger charge is -2.05. The molecule has 0 amide bonds. The molecule has 2 N–H and O–H groups in total. The topological polar surface area (TPSA) is 65.2 Å². The zero-order valence-corrected chi connectivity index (χ0v) is 12.2. The van der Waals surface area contributed by atoms with Crippen molar-refractivity contribution in [1.82, 2.24) is 4.98 Å². The van der Waals surface area contributed by atoms with Crippen LogP contribution < -0.4 is 5.73 Å². The molecular formula is C14H13ClN2O2S. The number of nitrogen functional groups attached to an aromatic ring is 1. The lowest BCUT2D eigenvalue weighted by Crippen LogP contribution is -2.07. The van der Waals surface area contributed by atoms with Gasteiger partial charge in [0.05, 0.1) is 22.5 Å². The Hall–Kier alpha value is -1.72.